The molecule has 1 fully saturated rings. The number of anilines is 1. The number of ether oxygens (including phenoxy) is 2. The zero-order valence-electron chi connectivity index (χ0n) is 20.6. The SMILES string of the molecule is CC(C)OC(=O)[C@@H](C)N[P@@](=O)(OC[C@H]1O[C@@H](n2cnc3c(N)ncnc32)[C@](F)(Cl)[C@@H]1O)Oc1ccccc1. The molecule has 4 rings (SSSR count). The van der Waals surface area contributed by atoms with E-state index in [2.05, 4.69) is 20.0 Å². The second kappa shape index (κ2) is 11.1. The molecule has 1 saturated heterocycles. The summed E-state index contributed by atoms with van der Waals surface area (Å²) >= 11 is 6.07. The molecule has 38 heavy (non-hydrogen) atoms. The second-order valence-electron chi connectivity index (χ2n) is 8.76. The van der Waals surface area contributed by atoms with Gasteiger partial charge in [-0.15, -0.1) is 0 Å². The van der Waals surface area contributed by atoms with Crippen molar-refractivity contribution >= 4 is 42.3 Å². The summed E-state index contributed by atoms with van der Waals surface area (Å²) in [4.78, 5) is 24.2. The molecule has 2 aromatic heterocycles. The summed E-state index contributed by atoms with van der Waals surface area (Å²) in [5, 5.41) is 10.3. The van der Waals surface area contributed by atoms with Crippen molar-refractivity contribution in [2.24, 2.45) is 0 Å². The fraction of sp³-hybridized carbons (Fsp3) is 0.455. The molecule has 1 aromatic carbocycles. The van der Waals surface area contributed by atoms with Crippen LogP contribution in [-0.2, 0) is 23.4 Å². The highest BCUT2D eigenvalue weighted by molar-refractivity contribution is 7.52. The van der Waals surface area contributed by atoms with Crippen LogP contribution in [0.3, 0.4) is 0 Å². The van der Waals surface area contributed by atoms with Crippen molar-refractivity contribution in [2.45, 2.75) is 56.5 Å². The molecule has 0 amide bonds. The van der Waals surface area contributed by atoms with Crippen LogP contribution in [0.4, 0.5) is 10.2 Å². The van der Waals surface area contributed by atoms with Crippen LogP contribution in [0.5, 0.6) is 5.75 Å². The average Bonchev–Trinajstić information content (AvgIpc) is 3.37. The first-order valence-corrected chi connectivity index (χ1v) is 13.4. The van der Waals surface area contributed by atoms with Crippen LogP contribution < -0.4 is 15.3 Å². The van der Waals surface area contributed by atoms with Gasteiger partial charge in [-0.3, -0.25) is 13.9 Å². The number of imidazole rings is 1. The minimum Gasteiger partial charge on any atom is -0.462 e. The number of para-hydroxylation sites is 1. The highest BCUT2D eigenvalue weighted by Crippen LogP contribution is 2.49. The van der Waals surface area contributed by atoms with Gasteiger partial charge >= 0.3 is 13.7 Å². The number of carbonyl (C=O) groups is 1. The Kier molecular flexibility index (Phi) is 8.21. The maximum Gasteiger partial charge on any atom is 0.459 e. The average molecular weight is 573 g/mol. The number of nitrogen functional groups attached to an aromatic ring is 1. The third-order valence-corrected chi connectivity index (χ3v) is 7.51. The lowest BCUT2D eigenvalue weighted by Gasteiger charge is -2.25. The number of aromatic nitrogens is 4. The molecule has 0 aliphatic carbocycles. The van der Waals surface area contributed by atoms with Crippen LogP contribution in [0.15, 0.2) is 43.0 Å². The fourth-order valence-corrected chi connectivity index (χ4v) is 5.45. The highest BCUT2D eigenvalue weighted by Gasteiger charge is 2.58. The van der Waals surface area contributed by atoms with Gasteiger partial charge in [-0.2, -0.15) is 5.09 Å². The first-order chi connectivity index (χ1) is 17.9. The van der Waals surface area contributed by atoms with Gasteiger partial charge < -0.3 is 24.8 Å². The quantitative estimate of drug-likeness (QED) is 0.184. The number of fused-ring (bicyclic) bond motifs is 1. The Morgan fingerprint density at radius 1 is 1.32 bits per heavy atom. The molecule has 6 atom stereocenters. The zero-order valence-corrected chi connectivity index (χ0v) is 22.3. The smallest absolute Gasteiger partial charge is 0.459 e. The van der Waals surface area contributed by atoms with E-state index in [1.165, 1.54) is 25.4 Å². The van der Waals surface area contributed by atoms with Crippen LogP contribution in [-0.4, -0.2) is 66.7 Å². The maximum absolute atomic E-state index is 15.5. The lowest BCUT2D eigenvalue weighted by Crippen LogP contribution is -2.40. The predicted octanol–water partition coefficient (Wildman–Crippen LogP) is 2.70. The largest absolute Gasteiger partial charge is 0.462 e. The molecule has 206 valence electrons. The molecule has 1 aliphatic rings. The van der Waals surface area contributed by atoms with Crippen LogP contribution in [0, 0.1) is 0 Å². The molecule has 13 nitrogen and oxygen atoms in total. The monoisotopic (exact) mass is 572 g/mol. The van der Waals surface area contributed by atoms with Gasteiger partial charge in [-0.05, 0) is 32.9 Å². The molecule has 0 bridgehead atoms. The van der Waals surface area contributed by atoms with E-state index >= 15 is 4.39 Å². The van der Waals surface area contributed by atoms with E-state index in [-0.39, 0.29) is 22.7 Å². The number of nitrogens with zero attached hydrogens (tertiary/aromatic N) is 4. The number of esters is 1. The van der Waals surface area contributed by atoms with Gasteiger partial charge in [0.05, 0.1) is 19.0 Å². The Labute approximate surface area is 222 Å². The number of aliphatic hydroxyl groups excluding tert-OH is 1. The van der Waals surface area contributed by atoms with Crippen LogP contribution in [0.25, 0.3) is 11.2 Å². The Morgan fingerprint density at radius 2 is 2.03 bits per heavy atom. The first kappa shape index (κ1) is 28.1. The summed E-state index contributed by atoms with van der Waals surface area (Å²) in [6, 6.07) is 6.94. The Hall–Kier alpha value is -2.87. The molecule has 1 aliphatic heterocycles. The normalized spacial score (nSPS) is 25.8. The van der Waals surface area contributed by atoms with E-state index in [1.54, 1.807) is 32.0 Å². The first-order valence-electron chi connectivity index (χ1n) is 11.5. The van der Waals surface area contributed by atoms with Gasteiger partial charge in [0.1, 0.15) is 35.8 Å². The number of aliphatic hydroxyl groups is 1. The number of nitrogens with two attached hydrogens (primary N) is 1. The van der Waals surface area contributed by atoms with Crippen LogP contribution in [0.1, 0.15) is 27.0 Å². The number of rotatable bonds is 10. The van der Waals surface area contributed by atoms with E-state index in [0.29, 0.717) is 0 Å². The molecular weight excluding hydrogens is 546 g/mol. The molecule has 3 aromatic rings. The molecule has 0 radical (unpaired) electrons. The molecular formula is C22H27ClFN6O7P. The minimum atomic E-state index is -4.30. The third-order valence-electron chi connectivity index (χ3n) is 5.45. The van der Waals surface area contributed by atoms with Gasteiger partial charge in [-0.25, -0.2) is 23.9 Å². The maximum atomic E-state index is 15.5. The van der Waals surface area contributed by atoms with Crippen molar-refractivity contribution in [1.82, 2.24) is 24.6 Å². The van der Waals surface area contributed by atoms with Gasteiger partial charge in [0.2, 0.25) is 0 Å². The van der Waals surface area contributed by atoms with Crippen molar-refractivity contribution in [3.63, 3.8) is 0 Å². The predicted molar refractivity (Wildman–Crippen MR) is 134 cm³/mol. The zero-order chi connectivity index (χ0) is 27.7. The molecule has 0 saturated carbocycles. The van der Waals surface area contributed by atoms with E-state index in [9.17, 15) is 14.5 Å². The number of carbonyl (C=O) groups excluding carboxylic acids is 1. The van der Waals surface area contributed by atoms with Gasteiger partial charge in [0.25, 0.3) is 5.13 Å². The number of hydrogen-bond acceptors (Lipinski definition) is 11. The van der Waals surface area contributed by atoms with E-state index in [4.69, 9.17) is 35.9 Å². The van der Waals surface area contributed by atoms with E-state index < -0.39 is 56.0 Å². The molecule has 16 heteroatoms. The van der Waals surface area contributed by atoms with E-state index in [0.717, 1.165) is 10.9 Å². The topological polar surface area (TPSA) is 173 Å². The van der Waals surface area contributed by atoms with E-state index in [1.807, 2.05) is 0 Å². The Bertz CT molecular complexity index is 1330. The molecule has 4 N–H and O–H groups in total. The van der Waals surface area contributed by atoms with Gasteiger partial charge in [-0.1, -0.05) is 29.8 Å². The van der Waals surface area contributed by atoms with Crippen molar-refractivity contribution in [2.75, 3.05) is 12.3 Å². The molecule has 0 spiro atoms. The minimum absolute atomic E-state index is 0.0568. The number of benzene rings is 1. The number of hydrogen-bond donors (Lipinski definition) is 3. The second-order valence-corrected chi connectivity index (χ2v) is 11.0. The van der Waals surface area contributed by atoms with Crippen molar-refractivity contribution in [1.29, 1.82) is 0 Å². The number of halogens is 2. The van der Waals surface area contributed by atoms with Crippen LogP contribution >= 0.6 is 19.3 Å². The Morgan fingerprint density at radius 3 is 2.71 bits per heavy atom. The lowest BCUT2D eigenvalue weighted by molar-refractivity contribution is -0.149. The number of alkyl halides is 2. The van der Waals surface area contributed by atoms with Crippen molar-refractivity contribution in [3.05, 3.63) is 43.0 Å². The highest BCUT2D eigenvalue weighted by atomic mass is 35.5. The standard InChI is InChI=1S/C22H27ClFN6O7P/c1-12(2)35-20(32)13(3)29-38(33,37-14-7-5-4-6-8-14)34-9-15-17(31)22(23,24)21(36-15)30-11-28-16-18(25)26-10-27-19(16)30/h4-8,10-13,15,17,21,31H,9H2,1-3H3,(H,29,33)(H2,25,26,27)/t13-,15-,17-,21-,22+,38-/m1/s1. The lowest BCUT2D eigenvalue weighted by atomic mass is 10.1. The Balaban J connectivity index is 1.54. The summed E-state index contributed by atoms with van der Waals surface area (Å²) in [6.45, 7) is 4.10. The fourth-order valence-electron chi connectivity index (χ4n) is 3.65. The van der Waals surface area contributed by atoms with Crippen LogP contribution in [0.2, 0.25) is 0 Å². The van der Waals surface area contributed by atoms with Crippen molar-refractivity contribution in [3.8, 4) is 5.75 Å². The third kappa shape index (κ3) is 5.90. The summed E-state index contributed by atoms with van der Waals surface area (Å²) < 4.78 is 52.2. The van der Waals surface area contributed by atoms with Crippen molar-refractivity contribution < 1.29 is 37.4 Å². The van der Waals surface area contributed by atoms with Gasteiger partial charge in [0.15, 0.2) is 17.7 Å². The summed E-state index contributed by atoms with van der Waals surface area (Å²) in [5.74, 6) is -0.478. The summed E-state index contributed by atoms with van der Waals surface area (Å²) in [5.41, 5.74) is 6.09. The summed E-state index contributed by atoms with van der Waals surface area (Å²) in [6.07, 6.45) is -3.01. The van der Waals surface area contributed by atoms with Gasteiger partial charge in [0, 0.05) is 0 Å². The number of nitrogens with one attached hydrogen (secondary N) is 1. The summed E-state index contributed by atoms with van der Waals surface area (Å²) in [7, 11) is -4.30. The molecule has 0 unspecified atom stereocenters. The molecule has 3 heterocycles.